The van der Waals surface area contributed by atoms with Crippen molar-refractivity contribution in [3.8, 4) is 0 Å². The number of nitrogens with two attached hydrogens (primary N) is 1. The van der Waals surface area contributed by atoms with Crippen LogP contribution in [0.2, 0.25) is 0 Å². The predicted molar refractivity (Wildman–Crippen MR) is 84.8 cm³/mol. The van der Waals surface area contributed by atoms with Crippen molar-refractivity contribution in [3.63, 3.8) is 0 Å². The molecule has 0 unspecified atom stereocenters. The van der Waals surface area contributed by atoms with Crippen molar-refractivity contribution in [2.24, 2.45) is 5.73 Å². The van der Waals surface area contributed by atoms with Gasteiger partial charge in [0, 0.05) is 25.2 Å². The fourth-order valence-electron chi connectivity index (χ4n) is 2.38. The van der Waals surface area contributed by atoms with Crippen molar-refractivity contribution in [3.05, 3.63) is 0 Å². The molecule has 0 saturated heterocycles. The molecule has 7 N–H and O–H groups in total. The van der Waals surface area contributed by atoms with Gasteiger partial charge in [-0.1, -0.05) is 0 Å². The summed E-state index contributed by atoms with van der Waals surface area (Å²) in [7, 11) is 0. The largest absolute Gasteiger partial charge is 0.395 e. The zero-order valence-electron chi connectivity index (χ0n) is 12.6. The van der Waals surface area contributed by atoms with E-state index < -0.39 is 0 Å². The molecule has 0 radical (unpaired) electrons. The Labute approximate surface area is 129 Å². The monoisotopic (exact) mass is 311 g/mol. The molecule has 124 valence electrons. The third kappa shape index (κ3) is 5.24. The highest BCUT2D eigenvalue weighted by Gasteiger charge is 2.19. The van der Waals surface area contributed by atoms with E-state index in [4.69, 9.17) is 15.9 Å². The number of hydrogen-bond acceptors (Lipinski definition) is 9. The molecule has 0 aromatic carbocycles. The number of nitrogens with one attached hydrogen (secondary N) is 3. The van der Waals surface area contributed by atoms with Crippen LogP contribution in [0.3, 0.4) is 0 Å². The second-order valence-corrected chi connectivity index (χ2v) is 5.36. The first-order chi connectivity index (χ1) is 10.7. The lowest BCUT2D eigenvalue weighted by Gasteiger charge is -2.26. The smallest absolute Gasteiger partial charge is 0.229 e. The first-order valence-corrected chi connectivity index (χ1v) is 7.69. The van der Waals surface area contributed by atoms with Crippen molar-refractivity contribution < 1.29 is 10.2 Å². The van der Waals surface area contributed by atoms with Crippen LogP contribution >= 0.6 is 0 Å². The maximum Gasteiger partial charge on any atom is 0.229 e. The standard InChI is InChI=1S/C13H25N7O2/c14-9-1-3-10(4-2-9)17-13-19-11(15-5-7-21)18-12(20-13)16-6-8-22/h9-10,21-22H,1-8,14H2,(H3,15,16,17,18,19,20). The third-order valence-electron chi connectivity index (χ3n) is 3.53. The lowest BCUT2D eigenvalue weighted by atomic mass is 9.92. The van der Waals surface area contributed by atoms with Crippen LogP contribution in [0, 0.1) is 0 Å². The number of hydrogen-bond donors (Lipinski definition) is 6. The van der Waals surface area contributed by atoms with E-state index in [1.807, 2.05) is 0 Å². The van der Waals surface area contributed by atoms with Crippen LogP contribution in [0.1, 0.15) is 25.7 Å². The Morgan fingerprint density at radius 2 is 1.36 bits per heavy atom. The fraction of sp³-hybridized carbons (Fsp3) is 0.769. The SMILES string of the molecule is NC1CCC(Nc2nc(NCCO)nc(NCCO)n2)CC1. The van der Waals surface area contributed by atoms with E-state index in [0.29, 0.717) is 43.0 Å². The van der Waals surface area contributed by atoms with Crippen LogP contribution in [0.15, 0.2) is 0 Å². The summed E-state index contributed by atoms with van der Waals surface area (Å²) >= 11 is 0. The van der Waals surface area contributed by atoms with Crippen LogP contribution < -0.4 is 21.7 Å². The van der Waals surface area contributed by atoms with Crippen molar-refractivity contribution in [2.75, 3.05) is 42.3 Å². The topological polar surface area (TPSA) is 141 Å². The summed E-state index contributed by atoms with van der Waals surface area (Å²) in [6.45, 7) is 0.713. The molecule has 0 atom stereocenters. The summed E-state index contributed by atoms with van der Waals surface area (Å²) in [5.41, 5.74) is 5.91. The quantitative estimate of drug-likeness (QED) is 0.370. The first kappa shape index (κ1) is 16.7. The number of aliphatic hydroxyl groups is 2. The molecule has 1 aromatic heterocycles. The lowest BCUT2D eigenvalue weighted by molar-refractivity contribution is 0.310. The zero-order chi connectivity index (χ0) is 15.8. The van der Waals surface area contributed by atoms with E-state index in [2.05, 4.69) is 30.9 Å². The number of aliphatic hydroxyl groups excluding tert-OH is 2. The minimum Gasteiger partial charge on any atom is -0.395 e. The van der Waals surface area contributed by atoms with Crippen LogP contribution in [-0.4, -0.2) is 63.6 Å². The lowest BCUT2D eigenvalue weighted by Crippen LogP contribution is -2.33. The van der Waals surface area contributed by atoms with E-state index in [-0.39, 0.29) is 13.2 Å². The molecule has 0 spiro atoms. The molecule has 0 amide bonds. The second kappa shape index (κ2) is 8.66. The van der Waals surface area contributed by atoms with Crippen molar-refractivity contribution >= 4 is 17.8 Å². The van der Waals surface area contributed by atoms with Crippen LogP contribution in [-0.2, 0) is 0 Å². The Kier molecular flexibility index (Phi) is 6.56. The molecule has 1 saturated carbocycles. The molecule has 1 heterocycles. The Hall–Kier alpha value is -1.71. The molecular formula is C13H25N7O2. The third-order valence-corrected chi connectivity index (χ3v) is 3.53. The average molecular weight is 311 g/mol. The minimum atomic E-state index is -0.00560. The molecule has 9 nitrogen and oxygen atoms in total. The van der Waals surface area contributed by atoms with Crippen molar-refractivity contribution in [2.45, 2.75) is 37.8 Å². The summed E-state index contributed by atoms with van der Waals surface area (Å²) in [5.74, 6) is 1.26. The molecule has 22 heavy (non-hydrogen) atoms. The maximum atomic E-state index is 8.88. The average Bonchev–Trinajstić information content (AvgIpc) is 2.53. The van der Waals surface area contributed by atoms with Crippen LogP contribution in [0.5, 0.6) is 0 Å². The normalized spacial score (nSPS) is 21.4. The fourth-order valence-corrected chi connectivity index (χ4v) is 2.38. The van der Waals surface area contributed by atoms with Gasteiger partial charge in [0.1, 0.15) is 0 Å². The number of anilines is 3. The Balaban J connectivity index is 2.03. The summed E-state index contributed by atoms with van der Waals surface area (Å²) in [6.07, 6.45) is 3.97. The van der Waals surface area contributed by atoms with E-state index >= 15 is 0 Å². The molecule has 9 heteroatoms. The highest BCUT2D eigenvalue weighted by molar-refractivity contribution is 5.42. The van der Waals surface area contributed by atoms with E-state index in [9.17, 15) is 0 Å². The summed E-state index contributed by atoms with van der Waals surface area (Å²) < 4.78 is 0. The van der Waals surface area contributed by atoms with Gasteiger partial charge in [-0.15, -0.1) is 0 Å². The van der Waals surface area contributed by atoms with Gasteiger partial charge < -0.3 is 31.9 Å². The number of rotatable bonds is 8. The van der Waals surface area contributed by atoms with Gasteiger partial charge in [-0.25, -0.2) is 0 Å². The van der Waals surface area contributed by atoms with E-state index in [1.54, 1.807) is 0 Å². The highest BCUT2D eigenvalue weighted by Crippen LogP contribution is 2.20. The predicted octanol–water partition coefficient (Wildman–Crippen LogP) is -0.638. The van der Waals surface area contributed by atoms with E-state index in [0.717, 1.165) is 25.7 Å². The highest BCUT2D eigenvalue weighted by atomic mass is 16.3. The van der Waals surface area contributed by atoms with E-state index in [1.165, 1.54) is 0 Å². The van der Waals surface area contributed by atoms with Gasteiger partial charge in [0.15, 0.2) is 0 Å². The van der Waals surface area contributed by atoms with Crippen molar-refractivity contribution in [1.29, 1.82) is 0 Å². The van der Waals surface area contributed by atoms with Gasteiger partial charge >= 0.3 is 0 Å². The number of aromatic nitrogens is 3. The summed E-state index contributed by atoms with van der Waals surface area (Å²) in [5, 5.41) is 26.9. The molecule has 1 aromatic rings. The van der Waals surface area contributed by atoms with Gasteiger partial charge in [0.2, 0.25) is 17.8 Å². The first-order valence-electron chi connectivity index (χ1n) is 7.69. The molecular weight excluding hydrogens is 286 g/mol. The summed E-state index contributed by atoms with van der Waals surface area (Å²) in [4.78, 5) is 12.8. The second-order valence-electron chi connectivity index (χ2n) is 5.36. The Morgan fingerprint density at radius 3 is 1.86 bits per heavy atom. The van der Waals surface area contributed by atoms with Gasteiger partial charge in [-0.3, -0.25) is 0 Å². The molecule has 0 aliphatic heterocycles. The Morgan fingerprint density at radius 1 is 0.864 bits per heavy atom. The van der Waals surface area contributed by atoms with Gasteiger partial charge in [0.05, 0.1) is 13.2 Å². The van der Waals surface area contributed by atoms with Gasteiger partial charge in [-0.05, 0) is 25.7 Å². The van der Waals surface area contributed by atoms with Gasteiger partial charge in [-0.2, -0.15) is 15.0 Å². The molecule has 1 aliphatic rings. The summed E-state index contributed by atoms with van der Waals surface area (Å²) in [6, 6.07) is 0.596. The van der Waals surface area contributed by atoms with Crippen molar-refractivity contribution in [1.82, 2.24) is 15.0 Å². The van der Waals surface area contributed by atoms with Crippen LogP contribution in [0.4, 0.5) is 17.8 Å². The Bertz CT molecular complexity index is 426. The van der Waals surface area contributed by atoms with Crippen LogP contribution in [0.25, 0.3) is 0 Å². The molecule has 1 aliphatic carbocycles. The maximum absolute atomic E-state index is 8.88. The molecule has 1 fully saturated rings. The number of nitrogens with zero attached hydrogens (tertiary/aromatic N) is 3. The van der Waals surface area contributed by atoms with Gasteiger partial charge in [0.25, 0.3) is 0 Å². The minimum absolute atomic E-state index is 0.00560. The molecule has 0 bridgehead atoms. The molecule has 2 rings (SSSR count). The zero-order valence-corrected chi connectivity index (χ0v) is 12.6.